The zero-order valence-electron chi connectivity index (χ0n) is 10.6. The average Bonchev–Trinajstić information content (AvgIpc) is 2.06. The van der Waals surface area contributed by atoms with Crippen molar-refractivity contribution in [3.05, 3.63) is 0 Å². The first kappa shape index (κ1) is 14.2. The van der Waals surface area contributed by atoms with Gasteiger partial charge in [0.05, 0.1) is 6.54 Å². The average molecular weight is 251 g/mol. The minimum absolute atomic E-state index is 0.0670. The lowest BCUT2D eigenvalue weighted by Gasteiger charge is -2.42. The molecule has 0 aliphatic carbocycles. The molecule has 6 heteroatoms. The van der Waals surface area contributed by atoms with E-state index in [1.54, 1.807) is 20.8 Å². The number of hydrogen-bond acceptors (Lipinski definition) is 3. The number of nitrogens with zero attached hydrogens (tertiary/aromatic N) is 1. The Labute approximate surface area is 99.5 Å². The van der Waals surface area contributed by atoms with Gasteiger partial charge in [-0.15, -0.1) is 0 Å². The fraction of sp³-hybridized carbons (Fsp3) is 0.909. The molecule has 0 bridgehead atoms. The van der Waals surface area contributed by atoms with E-state index in [0.29, 0.717) is 0 Å². The van der Waals surface area contributed by atoms with E-state index in [4.69, 9.17) is 4.74 Å². The quantitative estimate of drug-likeness (QED) is 0.716. The second kappa shape index (κ2) is 4.08. The molecule has 0 aromatic rings. The van der Waals surface area contributed by atoms with Crippen LogP contribution in [0, 0.1) is 0 Å². The van der Waals surface area contributed by atoms with E-state index >= 15 is 0 Å². The number of rotatable bonds is 0. The van der Waals surface area contributed by atoms with Gasteiger partial charge in [-0.1, -0.05) is 0 Å². The first-order valence-electron chi connectivity index (χ1n) is 5.53. The zero-order chi connectivity index (χ0) is 13.5. The van der Waals surface area contributed by atoms with Crippen molar-refractivity contribution in [2.45, 2.75) is 51.2 Å². The Balaban J connectivity index is 2.69. The summed E-state index contributed by atoms with van der Waals surface area (Å²) in [4.78, 5) is 12.5. The van der Waals surface area contributed by atoms with Gasteiger partial charge in [-0.3, -0.25) is 0 Å². The van der Waals surface area contributed by atoms with Crippen molar-refractivity contribution < 1.29 is 23.4 Å². The summed E-state index contributed by atoms with van der Waals surface area (Å²) in [6, 6.07) is 0. The van der Waals surface area contributed by atoms with Gasteiger partial charge in [0.1, 0.15) is 11.2 Å². The molecule has 1 aliphatic heterocycles. The number of amides is 1. The van der Waals surface area contributed by atoms with Crippen LogP contribution in [0.2, 0.25) is 0 Å². The fourth-order valence-electron chi connectivity index (χ4n) is 1.51. The van der Waals surface area contributed by atoms with Crippen molar-refractivity contribution in [3.8, 4) is 0 Å². The maximum Gasteiger partial charge on any atom is 0.410 e. The molecule has 1 heterocycles. The highest BCUT2D eigenvalue weighted by atomic mass is 19.3. The van der Waals surface area contributed by atoms with Gasteiger partial charge in [0, 0.05) is 6.54 Å². The molecular weight excluding hydrogens is 232 g/mol. The third-order valence-electron chi connectivity index (χ3n) is 2.70. The molecule has 4 nitrogen and oxygen atoms in total. The molecule has 1 aliphatic rings. The Morgan fingerprint density at radius 2 is 1.94 bits per heavy atom. The van der Waals surface area contributed by atoms with Gasteiger partial charge in [-0.2, -0.15) is 0 Å². The van der Waals surface area contributed by atoms with Crippen molar-refractivity contribution in [2.75, 3.05) is 13.1 Å². The second-order valence-electron chi connectivity index (χ2n) is 5.63. The Bertz CT molecular complexity index is 310. The maximum absolute atomic E-state index is 13.5. The lowest BCUT2D eigenvalue weighted by Crippen LogP contribution is -2.60. The highest BCUT2D eigenvalue weighted by molar-refractivity contribution is 5.68. The largest absolute Gasteiger partial charge is 0.444 e. The van der Waals surface area contributed by atoms with Crippen LogP contribution in [0.4, 0.5) is 13.6 Å². The van der Waals surface area contributed by atoms with Gasteiger partial charge >= 0.3 is 6.09 Å². The monoisotopic (exact) mass is 251 g/mol. The molecule has 0 aromatic carbocycles. The third kappa shape index (κ3) is 3.28. The molecule has 1 N–H and O–H groups in total. The summed E-state index contributed by atoms with van der Waals surface area (Å²) in [7, 11) is 0. The summed E-state index contributed by atoms with van der Waals surface area (Å²) in [5, 5.41) is 9.51. The van der Waals surface area contributed by atoms with Gasteiger partial charge in [0.2, 0.25) is 0 Å². The van der Waals surface area contributed by atoms with Crippen LogP contribution in [0.15, 0.2) is 0 Å². The number of halogens is 2. The minimum atomic E-state index is -3.32. The molecule has 1 rings (SSSR count). The first-order valence-corrected chi connectivity index (χ1v) is 5.53. The van der Waals surface area contributed by atoms with Crippen LogP contribution in [-0.4, -0.2) is 46.3 Å². The Kier molecular flexibility index (Phi) is 3.40. The minimum Gasteiger partial charge on any atom is -0.444 e. The normalized spacial score (nSPS) is 29.0. The molecule has 1 atom stereocenters. The SMILES string of the molecule is CC(C)(C)OC(=O)N1CC[C@](C)(O)C(F)(F)C1. The van der Waals surface area contributed by atoms with Crippen molar-refractivity contribution >= 4 is 6.09 Å². The van der Waals surface area contributed by atoms with Crippen LogP contribution in [0.1, 0.15) is 34.1 Å². The molecule has 0 unspecified atom stereocenters. The lowest BCUT2D eigenvalue weighted by molar-refractivity contribution is -0.203. The molecule has 1 amide bonds. The Hall–Kier alpha value is -0.910. The second-order valence-corrected chi connectivity index (χ2v) is 5.63. The predicted octanol–water partition coefficient (Wildman–Crippen LogP) is 2.01. The standard InChI is InChI=1S/C11H19F2NO3/c1-9(2,3)17-8(15)14-6-5-10(4,16)11(12,13)7-14/h16H,5-7H2,1-4H3/t10-/m0/s1. The number of likely N-dealkylation sites (tertiary alicyclic amines) is 1. The van der Waals surface area contributed by atoms with E-state index in [2.05, 4.69) is 0 Å². The van der Waals surface area contributed by atoms with Gasteiger partial charge in [-0.05, 0) is 34.1 Å². The van der Waals surface area contributed by atoms with Gasteiger partial charge < -0.3 is 14.7 Å². The summed E-state index contributed by atoms with van der Waals surface area (Å²) >= 11 is 0. The summed E-state index contributed by atoms with van der Waals surface area (Å²) in [5.74, 6) is -3.32. The number of piperidine rings is 1. The van der Waals surface area contributed by atoms with Crippen LogP contribution in [0.5, 0.6) is 0 Å². The zero-order valence-corrected chi connectivity index (χ0v) is 10.6. The van der Waals surface area contributed by atoms with E-state index in [-0.39, 0.29) is 13.0 Å². The molecular formula is C11H19F2NO3. The maximum atomic E-state index is 13.5. The van der Waals surface area contributed by atoms with E-state index < -0.39 is 29.8 Å². The smallest absolute Gasteiger partial charge is 0.410 e. The van der Waals surface area contributed by atoms with E-state index in [1.807, 2.05) is 0 Å². The highest BCUT2D eigenvalue weighted by Gasteiger charge is 2.54. The van der Waals surface area contributed by atoms with E-state index in [1.165, 1.54) is 0 Å². The molecule has 0 spiro atoms. The molecule has 1 fully saturated rings. The molecule has 0 radical (unpaired) electrons. The topological polar surface area (TPSA) is 49.8 Å². The summed E-state index contributed by atoms with van der Waals surface area (Å²) < 4.78 is 32.1. The van der Waals surface area contributed by atoms with E-state index in [0.717, 1.165) is 11.8 Å². The third-order valence-corrected chi connectivity index (χ3v) is 2.70. The highest BCUT2D eigenvalue weighted by Crippen LogP contribution is 2.36. The van der Waals surface area contributed by atoms with Crippen molar-refractivity contribution in [3.63, 3.8) is 0 Å². The molecule has 100 valence electrons. The van der Waals surface area contributed by atoms with Crippen LogP contribution in [-0.2, 0) is 4.74 Å². The summed E-state index contributed by atoms with van der Waals surface area (Å²) in [6.07, 6.45) is -0.938. The van der Waals surface area contributed by atoms with Gasteiger partial charge in [-0.25, -0.2) is 13.6 Å². The van der Waals surface area contributed by atoms with Crippen molar-refractivity contribution in [1.29, 1.82) is 0 Å². The summed E-state index contributed by atoms with van der Waals surface area (Å²) in [5.41, 5.74) is -2.78. The number of hydrogen-bond donors (Lipinski definition) is 1. The van der Waals surface area contributed by atoms with Crippen molar-refractivity contribution in [1.82, 2.24) is 4.90 Å². The Morgan fingerprint density at radius 3 is 2.35 bits per heavy atom. The molecule has 17 heavy (non-hydrogen) atoms. The number of carbonyl (C=O) groups excluding carboxylic acids is 1. The van der Waals surface area contributed by atoms with Crippen LogP contribution >= 0.6 is 0 Å². The van der Waals surface area contributed by atoms with Gasteiger partial charge in [0.15, 0.2) is 0 Å². The molecule has 0 aromatic heterocycles. The molecule has 0 saturated carbocycles. The Morgan fingerprint density at radius 1 is 1.41 bits per heavy atom. The van der Waals surface area contributed by atoms with Gasteiger partial charge in [0.25, 0.3) is 5.92 Å². The summed E-state index contributed by atoms with van der Waals surface area (Å²) in [6.45, 7) is 5.35. The first-order chi connectivity index (χ1) is 7.45. The fourth-order valence-corrected chi connectivity index (χ4v) is 1.51. The lowest BCUT2D eigenvalue weighted by atomic mass is 9.90. The number of carbonyl (C=O) groups is 1. The predicted molar refractivity (Wildman–Crippen MR) is 58.0 cm³/mol. The van der Waals surface area contributed by atoms with Crippen LogP contribution in [0.25, 0.3) is 0 Å². The van der Waals surface area contributed by atoms with E-state index in [9.17, 15) is 18.7 Å². The molecule has 1 saturated heterocycles. The van der Waals surface area contributed by atoms with Crippen LogP contribution < -0.4 is 0 Å². The number of alkyl halides is 2. The van der Waals surface area contributed by atoms with Crippen LogP contribution in [0.3, 0.4) is 0 Å². The number of aliphatic hydroxyl groups is 1. The van der Waals surface area contributed by atoms with Crippen molar-refractivity contribution in [2.24, 2.45) is 0 Å². The number of ether oxygens (including phenoxy) is 1.